The Morgan fingerprint density at radius 2 is 2.04 bits per heavy atom. The summed E-state index contributed by atoms with van der Waals surface area (Å²) < 4.78 is 11.2. The number of carbonyl (C=O) groups is 1. The van der Waals surface area contributed by atoms with Gasteiger partial charge in [0.25, 0.3) is 0 Å². The van der Waals surface area contributed by atoms with Gasteiger partial charge < -0.3 is 14.4 Å². The average Bonchev–Trinajstić information content (AvgIpc) is 3.47. The van der Waals surface area contributed by atoms with Gasteiger partial charge in [0.1, 0.15) is 13.2 Å². The lowest BCUT2D eigenvalue weighted by Gasteiger charge is -2.19. The number of fused-ring (bicyclic) bond motifs is 1. The molecule has 1 amide bonds. The molecule has 5 nitrogen and oxygen atoms in total. The van der Waals surface area contributed by atoms with E-state index in [1.807, 2.05) is 42.3 Å². The number of carbonyl (C=O) groups excluding carboxylic acids is 1. The average molecular weight is 338 g/mol. The van der Waals surface area contributed by atoms with Crippen LogP contribution in [0.1, 0.15) is 23.6 Å². The van der Waals surface area contributed by atoms with Crippen molar-refractivity contribution in [1.82, 2.24) is 9.88 Å². The topological polar surface area (TPSA) is 51.7 Å². The zero-order chi connectivity index (χ0) is 17.2. The normalized spacial score (nSPS) is 20.8. The molecule has 5 heteroatoms. The molecule has 2 aliphatic rings. The zero-order valence-electron chi connectivity index (χ0n) is 14.4. The van der Waals surface area contributed by atoms with Crippen molar-refractivity contribution in [1.29, 1.82) is 0 Å². The van der Waals surface area contributed by atoms with Gasteiger partial charge in [0.15, 0.2) is 11.5 Å². The van der Waals surface area contributed by atoms with Gasteiger partial charge >= 0.3 is 0 Å². The van der Waals surface area contributed by atoms with Crippen molar-refractivity contribution >= 4 is 5.91 Å². The third kappa shape index (κ3) is 3.45. The van der Waals surface area contributed by atoms with Crippen molar-refractivity contribution < 1.29 is 14.3 Å². The van der Waals surface area contributed by atoms with Crippen molar-refractivity contribution in [2.45, 2.75) is 18.8 Å². The number of hydrogen-bond acceptors (Lipinski definition) is 4. The number of nitrogens with zero attached hydrogens (tertiary/aromatic N) is 2. The molecule has 1 aliphatic carbocycles. The highest BCUT2D eigenvalue weighted by Gasteiger charge is 2.45. The minimum absolute atomic E-state index is 0.0799. The first-order valence-corrected chi connectivity index (χ1v) is 8.77. The maximum absolute atomic E-state index is 12.6. The lowest BCUT2D eigenvalue weighted by Crippen LogP contribution is -2.30. The Morgan fingerprint density at radius 3 is 2.84 bits per heavy atom. The molecule has 2 aromatic rings. The number of likely N-dealkylation sites (N-methyl/N-ethyl adjacent to an activating group) is 1. The van der Waals surface area contributed by atoms with Crippen LogP contribution < -0.4 is 9.47 Å². The van der Waals surface area contributed by atoms with Gasteiger partial charge in [-0.25, -0.2) is 0 Å². The number of pyridine rings is 1. The molecule has 2 atom stereocenters. The summed E-state index contributed by atoms with van der Waals surface area (Å²) in [5.74, 6) is 2.18. The third-order valence-electron chi connectivity index (χ3n) is 4.91. The Labute approximate surface area is 147 Å². The van der Waals surface area contributed by atoms with Crippen LogP contribution in [-0.2, 0) is 11.2 Å². The molecule has 2 heterocycles. The molecule has 0 saturated heterocycles. The Hall–Kier alpha value is -2.56. The van der Waals surface area contributed by atoms with Gasteiger partial charge in [-0.1, -0.05) is 12.1 Å². The van der Waals surface area contributed by atoms with E-state index in [4.69, 9.17) is 9.47 Å². The second kappa shape index (κ2) is 6.75. The Morgan fingerprint density at radius 1 is 1.20 bits per heavy atom. The van der Waals surface area contributed by atoms with Crippen LogP contribution in [-0.4, -0.2) is 42.6 Å². The maximum atomic E-state index is 12.6. The number of benzene rings is 1. The van der Waals surface area contributed by atoms with Gasteiger partial charge in [-0.15, -0.1) is 0 Å². The summed E-state index contributed by atoms with van der Waals surface area (Å²) in [6.45, 7) is 1.87. The van der Waals surface area contributed by atoms with E-state index in [1.54, 1.807) is 6.20 Å². The van der Waals surface area contributed by atoms with Crippen molar-refractivity contribution in [2.75, 3.05) is 26.8 Å². The van der Waals surface area contributed by atoms with Crippen LogP contribution in [0.5, 0.6) is 11.5 Å². The Balaban J connectivity index is 1.35. The van der Waals surface area contributed by atoms with Crippen LogP contribution in [0, 0.1) is 5.92 Å². The van der Waals surface area contributed by atoms with Gasteiger partial charge in [-0.3, -0.25) is 9.78 Å². The molecule has 25 heavy (non-hydrogen) atoms. The first kappa shape index (κ1) is 15.9. The van der Waals surface area contributed by atoms with Crippen molar-refractivity contribution in [3.63, 3.8) is 0 Å². The van der Waals surface area contributed by atoms with Gasteiger partial charge in [-0.2, -0.15) is 0 Å². The molecule has 0 unspecified atom stereocenters. The van der Waals surface area contributed by atoms with Crippen LogP contribution in [0.3, 0.4) is 0 Å². The predicted molar refractivity (Wildman–Crippen MR) is 93.9 cm³/mol. The van der Waals surface area contributed by atoms with E-state index in [2.05, 4.69) is 11.1 Å². The van der Waals surface area contributed by atoms with Crippen LogP contribution in [0.25, 0.3) is 0 Å². The fraction of sp³-hybridized carbons (Fsp3) is 0.400. The van der Waals surface area contributed by atoms with Crippen molar-refractivity contribution in [3.05, 3.63) is 53.9 Å². The van der Waals surface area contributed by atoms with Crippen LogP contribution >= 0.6 is 0 Å². The van der Waals surface area contributed by atoms with Crippen LogP contribution in [0.15, 0.2) is 42.6 Å². The lowest BCUT2D eigenvalue weighted by atomic mass is 10.1. The molecule has 0 spiro atoms. The third-order valence-corrected chi connectivity index (χ3v) is 4.91. The molecular weight excluding hydrogens is 316 g/mol. The van der Waals surface area contributed by atoms with E-state index in [-0.39, 0.29) is 11.8 Å². The number of rotatable bonds is 5. The lowest BCUT2D eigenvalue weighted by molar-refractivity contribution is -0.131. The quantitative estimate of drug-likeness (QED) is 0.841. The van der Waals surface area contributed by atoms with Gasteiger partial charge in [0.2, 0.25) is 5.91 Å². The highest BCUT2D eigenvalue weighted by atomic mass is 16.6. The highest BCUT2D eigenvalue weighted by molar-refractivity contribution is 5.82. The first-order valence-electron chi connectivity index (χ1n) is 8.77. The summed E-state index contributed by atoms with van der Waals surface area (Å²) in [6.07, 6.45) is 3.48. The van der Waals surface area contributed by atoms with E-state index in [0.29, 0.717) is 25.7 Å². The maximum Gasteiger partial charge on any atom is 0.226 e. The Bertz CT molecular complexity index is 763. The molecule has 0 N–H and O–H groups in total. The SMILES string of the molecule is CN(CCc1ccccn1)C(=O)[C@H]1C[C@@H]1c1ccc2c(c1)OCCO2. The summed E-state index contributed by atoms with van der Waals surface area (Å²) in [5.41, 5.74) is 2.18. The minimum atomic E-state index is 0.0799. The smallest absolute Gasteiger partial charge is 0.226 e. The van der Waals surface area contributed by atoms with Crippen molar-refractivity contribution in [3.8, 4) is 11.5 Å². The number of ether oxygens (including phenoxy) is 2. The summed E-state index contributed by atoms with van der Waals surface area (Å²) in [4.78, 5) is 18.8. The summed E-state index contributed by atoms with van der Waals surface area (Å²) in [5, 5.41) is 0. The molecular formula is C20H22N2O3. The number of aromatic nitrogens is 1. The first-order chi connectivity index (χ1) is 12.2. The van der Waals surface area contributed by atoms with Crippen LogP contribution in [0.4, 0.5) is 0 Å². The van der Waals surface area contributed by atoms with Gasteiger partial charge in [-0.05, 0) is 42.2 Å². The van der Waals surface area contributed by atoms with E-state index < -0.39 is 0 Å². The second-order valence-electron chi connectivity index (χ2n) is 6.68. The molecule has 0 radical (unpaired) electrons. The molecule has 1 aromatic heterocycles. The predicted octanol–water partition coefficient (Wildman–Crippen LogP) is 2.66. The van der Waals surface area contributed by atoms with Crippen LogP contribution in [0.2, 0.25) is 0 Å². The molecule has 130 valence electrons. The number of amides is 1. The molecule has 1 fully saturated rings. The van der Waals surface area contributed by atoms with E-state index in [1.165, 1.54) is 5.56 Å². The molecule has 4 rings (SSSR count). The number of hydrogen-bond donors (Lipinski definition) is 0. The van der Waals surface area contributed by atoms with Gasteiger partial charge in [0, 0.05) is 37.8 Å². The van der Waals surface area contributed by atoms with Crippen molar-refractivity contribution in [2.24, 2.45) is 5.92 Å². The van der Waals surface area contributed by atoms with E-state index in [9.17, 15) is 4.79 Å². The van der Waals surface area contributed by atoms with Gasteiger partial charge in [0.05, 0.1) is 0 Å². The largest absolute Gasteiger partial charge is 0.486 e. The summed E-state index contributed by atoms with van der Waals surface area (Å²) in [7, 11) is 1.88. The summed E-state index contributed by atoms with van der Waals surface area (Å²) >= 11 is 0. The second-order valence-corrected chi connectivity index (χ2v) is 6.68. The fourth-order valence-corrected chi connectivity index (χ4v) is 3.35. The molecule has 1 aromatic carbocycles. The highest BCUT2D eigenvalue weighted by Crippen LogP contribution is 2.50. The summed E-state index contributed by atoms with van der Waals surface area (Å²) in [6, 6.07) is 11.9. The van der Waals surface area contributed by atoms with E-state index in [0.717, 1.165) is 30.0 Å². The monoisotopic (exact) mass is 338 g/mol. The molecule has 0 bridgehead atoms. The molecule has 1 saturated carbocycles. The standard InChI is InChI=1S/C20H22N2O3/c1-22(9-7-15-4-2-3-8-21-15)20(23)17-13-16(17)14-5-6-18-19(12-14)25-11-10-24-18/h2-6,8,12,16-17H,7,9-11,13H2,1H3/t16-,17+/m1/s1. The molecule has 1 aliphatic heterocycles. The minimum Gasteiger partial charge on any atom is -0.486 e. The zero-order valence-corrected chi connectivity index (χ0v) is 14.4. The fourth-order valence-electron chi connectivity index (χ4n) is 3.35. The van der Waals surface area contributed by atoms with E-state index >= 15 is 0 Å². The Kier molecular flexibility index (Phi) is 4.30.